The average molecular weight is 361 g/mol. The number of hydrogen-bond donors (Lipinski definition) is 1. The van der Waals surface area contributed by atoms with Crippen molar-refractivity contribution in [1.29, 1.82) is 0 Å². The van der Waals surface area contributed by atoms with Crippen LogP contribution in [-0.4, -0.2) is 57.9 Å². The lowest BCUT2D eigenvalue weighted by molar-refractivity contribution is -0.124. The van der Waals surface area contributed by atoms with Crippen LogP contribution in [0, 0.1) is 20.8 Å². The van der Waals surface area contributed by atoms with Crippen molar-refractivity contribution in [3.63, 3.8) is 0 Å². The lowest BCUT2D eigenvalue weighted by Crippen LogP contribution is -2.47. The maximum Gasteiger partial charge on any atom is 0.221 e. The van der Waals surface area contributed by atoms with E-state index in [1.165, 1.54) is 0 Å². The van der Waals surface area contributed by atoms with Gasteiger partial charge in [-0.25, -0.2) is 9.67 Å². The molecular weight excluding hydrogens is 334 g/mol. The first-order chi connectivity index (χ1) is 12.5. The summed E-state index contributed by atoms with van der Waals surface area (Å²) in [6.45, 7) is 9.61. The topological polar surface area (TPSA) is 85.4 Å². The second kappa shape index (κ2) is 8.46. The highest BCUT2D eigenvalue weighted by Crippen LogP contribution is 2.16. The maximum atomic E-state index is 12.3. The fourth-order valence-electron chi connectivity index (χ4n) is 3.22. The molecule has 0 radical (unpaired) electrons. The van der Waals surface area contributed by atoms with E-state index in [0.29, 0.717) is 39.3 Å². The molecule has 2 aromatic heterocycles. The molecule has 0 saturated carbocycles. The molecule has 1 fully saturated rings. The van der Waals surface area contributed by atoms with Crippen LogP contribution in [0.2, 0.25) is 0 Å². The SMILES string of the molecule is Cc1nc(C)n(CCNC(=O)C[C@H]2COCCN2Cc2ccc(C)o2)n1. The number of carbonyl (C=O) groups excluding carboxylic acids is 1. The van der Waals surface area contributed by atoms with Gasteiger partial charge in [-0.1, -0.05) is 0 Å². The molecule has 2 aromatic rings. The van der Waals surface area contributed by atoms with E-state index in [0.717, 1.165) is 29.7 Å². The first-order valence-corrected chi connectivity index (χ1v) is 9.03. The molecule has 0 aromatic carbocycles. The second-order valence-corrected chi connectivity index (χ2v) is 6.70. The van der Waals surface area contributed by atoms with Gasteiger partial charge in [-0.3, -0.25) is 9.69 Å². The lowest BCUT2D eigenvalue weighted by Gasteiger charge is -2.34. The first kappa shape index (κ1) is 18.6. The molecule has 0 unspecified atom stereocenters. The van der Waals surface area contributed by atoms with Crippen molar-refractivity contribution in [2.45, 2.75) is 46.3 Å². The largest absolute Gasteiger partial charge is 0.465 e. The van der Waals surface area contributed by atoms with Gasteiger partial charge in [0.25, 0.3) is 0 Å². The lowest BCUT2D eigenvalue weighted by atomic mass is 10.1. The van der Waals surface area contributed by atoms with E-state index in [4.69, 9.17) is 9.15 Å². The quantitative estimate of drug-likeness (QED) is 0.798. The molecule has 8 heteroatoms. The van der Waals surface area contributed by atoms with E-state index in [1.54, 1.807) is 0 Å². The minimum absolute atomic E-state index is 0.0237. The van der Waals surface area contributed by atoms with E-state index in [1.807, 2.05) is 37.6 Å². The van der Waals surface area contributed by atoms with E-state index >= 15 is 0 Å². The van der Waals surface area contributed by atoms with Crippen LogP contribution < -0.4 is 5.32 Å². The Bertz CT molecular complexity index is 739. The number of nitrogens with one attached hydrogen (secondary N) is 1. The fourth-order valence-corrected chi connectivity index (χ4v) is 3.22. The van der Waals surface area contributed by atoms with Crippen molar-refractivity contribution < 1.29 is 13.9 Å². The number of hydrogen-bond acceptors (Lipinski definition) is 6. The van der Waals surface area contributed by atoms with Gasteiger partial charge in [0, 0.05) is 25.6 Å². The van der Waals surface area contributed by atoms with Crippen LogP contribution in [-0.2, 0) is 22.6 Å². The van der Waals surface area contributed by atoms with Crippen molar-refractivity contribution in [3.05, 3.63) is 35.3 Å². The summed E-state index contributed by atoms with van der Waals surface area (Å²) in [6.07, 6.45) is 0.412. The standard InChI is InChI=1S/C18H27N5O3/c1-13-4-5-17(26-13)11-22-8-9-25-12-16(22)10-18(24)19-6-7-23-15(3)20-14(2)21-23/h4-5,16H,6-12H2,1-3H3,(H,19,24)/t16-/m0/s1. The number of amides is 1. The van der Waals surface area contributed by atoms with Gasteiger partial charge in [0.05, 0.1) is 26.3 Å². The number of aromatic nitrogens is 3. The van der Waals surface area contributed by atoms with Gasteiger partial charge in [-0.2, -0.15) is 5.10 Å². The van der Waals surface area contributed by atoms with Crippen LogP contribution in [0.4, 0.5) is 0 Å². The Morgan fingerprint density at radius 2 is 2.19 bits per heavy atom. The number of rotatable bonds is 7. The minimum atomic E-state index is 0.0237. The molecule has 0 aliphatic carbocycles. The Morgan fingerprint density at radius 3 is 2.88 bits per heavy atom. The van der Waals surface area contributed by atoms with Crippen molar-refractivity contribution in [2.75, 3.05) is 26.3 Å². The van der Waals surface area contributed by atoms with Gasteiger partial charge in [0.15, 0.2) is 0 Å². The third-order valence-corrected chi connectivity index (χ3v) is 4.53. The van der Waals surface area contributed by atoms with Crippen LogP contribution in [0.15, 0.2) is 16.5 Å². The van der Waals surface area contributed by atoms with Crippen molar-refractivity contribution in [2.24, 2.45) is 0 Å². The minimum Gasteiger partial charge on any atom is -0.465 e. The van der Waals surface area contributed by atoms with E-state index in [-0.39, 0.29) is 11.9 Å². The molecule has 0 bridgehead atoms. The highest BCUT2D eigenvalue weighted by Gasteiger charge is 2.26. The Morgan fingerprint density at radius 1 is 1.35 bits per heavy atom. The van der Waals surface area contributed by atoms with Gasteiger partial charge in [-0.05, 0) is 32.9 Å². The molecule has 1 saturated heterocycles. The van der Waals surface area contributed by atoms with Gasteiger partial charge < -0.3 is 14.5 Å². The number of ether oxygens (including phenoxy) is 1. The number of carbonyl (C=O) groups is 1. The predicted molar refractivity (Wildman–Crippen MR) is 95.6 cm³/mol. The molecule has 1 amide bonds. The van der Waals surface area contributed by atoms with Crippen LogP contribution in [0.25, 0.3) is 0 Å². The molecule has 26 heavy (non-hydrogen) atoms. The number of aryl methyl sites for hydroxylation is 3. The second-order valence-electron chi connectivity index (χ2n) is 6.70. The van der Waals surface area contributed by atoms with Crippen LogP contribution in [0.1, 0.15) is 29.6 Å². The molecule has 0 spiro atoms. The smallest absolute Gasteiger partial charge is 0.221 e. The summed E-state index contributed by atoms with van der Waals surface area (Å²) in [4.78, 5) is 18.8. The average Bonchev–Trinajstić information content (AvgIpc) is 3.14. The molecule has 3 heterocycles. The van der Waals surface area contributed by atoms with E-state index < -0.39 is 0 Å². The zero-order valence-electron chi connectivity index (χ0n) is 15.7. The summed E-state index contributed by atoms with van der Waals surface area (Å²) in [5.41, 5.74) is 0. The molecule has 142 valence electrons. The summed E-state index contributed by atoms with van der Waals surface area (Å²) in [6, 6.07) is 4.01. The van der Waals surface area contributed by atoms with Gasteiger partial charge in [0.1, 0.15) is 23.2 Å². The Kier molecular flexibility index (Phi) is 6.05. The molecule has 1 aliphatic heterocycles. The zero-order valence-corrected chi connectivity index (χ0v) is 15.7. The highest BCUT2D eigenvalue weighted by atomic mass is 16.5. The Labute approximate surface area is 153 Å². The number of morpholine rings is 1. The number of nitrogens with zero attached hydrogens (tertiary/aromatic N) is 4. The molecule has 1 aliphatic rings. The summed E-state index contributed by atoms with van der Waals surface area (Å²) < 4.78 is 13.1. The molecule has 1 N–H and O–H groups in total. The summed E-state index contributed by atoms with van der Waals surface area (Å²) in [5, 5.41) is 7.27. The molecule has 1 atom stereocenters. The summed E-state index contributed by atoms with van der Waals surface area (Å²) >= 11 is 0. The molecule has 8 nitrogen and oxygen atoms in total. The third kappa shape index (κ3) is 4.92. The van der Waals surface area contributed by atoms with Gasteiger partial charge in [-0.15, -0.1) is 0 Å². The molecule has 3 rings (SSSR count). The van der Waals surface area contributed by atoms with Crippen molar-refractivity contribution in [3.8, 4) is 0 Å². The predicted octanol–water partition coefficient (Wildman–Crippen LogP) is 1.20. The number of furan rings is 1. The Hall–Kier alpha value is -2.19. The molecular formula is C18H27N5O3. The Balaban J connectivity index is 1.47. The fraction of sp³-hybridized carbons (Fsp3) is 0.611. The third-order valence-electron chi connectivity index (χ3n) is 4.53. The van der Waals surface area contributed by atoms with Crippen LogP contribution in [0.3, 0.4) is 0 Å². The monoisotopic (exact) mass is 361 g/mol. The van der Waals surface area contributed by atoms with Crippen LogP contribution >= 0.6 is 0 Å². The zero-order chi connectivity index (χ0) is 18.5. The maximum absolute atomic E-state index is 12.3. The highest BCUT2D eigenvalue weighted by molar-refractivity contribution is 5.76. The van der Waals surface area contributed by atoms with Gasteiger partial charge in [0.2, 0.25) is 5.91 Å². The summed E-state index contributed by atoms with van der Waals surface area (Å²) in [7, 11) is 0. The van der Waals surface area contributed by atoms with Gasteiger partial charge >= 0.3 is 0 Å². The summed E-state index contributed by atoms with van der Waals surface area (Å²) in [5.74, 6) is 3.46. The first-order valence-electron chi connectivity index (χ1n) is 9.03. The van der Waals surface area contributed by atoms with Crippen molar-refractivity contribution in [1.82, 2.24) is 25.0 Å². The van der Waals surface area contributed by atoms with E-state index in [9.17, 15) is 4.79 Å². The van der Waals surface area contributed by atoms with Crippen molar-refractivity contribution >= 4 is 5.91 Å². The van der Waals surface area contributed by atoms with E-state index in [2.05, 4.69) is 20.3 Å². The van der Waals surface area contributed by atoms with Crippen LogP contribution in [0.5, 0.6) is 0 Å². The normalized spacial score (nSPS) is 18.2.